The lowest BCUT2D eigenvalue weighted by Crippen LogP contribution is -2.53. The number of benzene rings is 1. The number of nitrogens with zero attached hydrogens (tertiary/aromatic N) is 4. The van der Waals surface area contributed by atoms with E-state index in [-0.39, 0.29) is 5.91 Å². The molecule has 0 bridgehead atoms. The van der Waals surface area contributed by atoms with Crippen molar-refractivity contribution in [3.8, 4) is 21.1 Å². The second kappa shape index (κ2) is 6.91. The van der Waals surface area contributed by atoms with E-state index in [0.717, 1.165) is 32.6 Å². The SMILES string of the molecule is Cc1c(Cl)ccc2c(-c3nc(C(=O)N4CC(O)C4)c(-c4cccnc4)s3)[nH]nc12. The van der Waals surface area contributed by atoms with Gasteiger partial charge in [-0.15, -0.1) is 11.3 Å². The Kier molecular flexibility index (Phi) is 4.34. The van der Waals surface area contributed by atoms with Gasteiger partial charge in [0.25, 0.3) is 5.91 Å². The Bertz CT molecular complexity index is 1230. The number of carbonyl (C=O) groups excluding carboxylic acids is 1. The summed E-state index contributed by atoms with van der Waals surface area (Å²) in [5, 5.41) is 19.2. The molecule has 1 amide bonds. The minimum absolute atomic E-state index is 0.195. The molecule has 4 aromatic rings. The quantitative estimate of drug-likeness (QED) is 0.523. The summed E-state index contributed by atoms with van der Waals surface area (Å²) in [6, 6.07) is 7.47. The topological polar surface area (TPSA) is 95.0 Å². The summed E-state index contributed by atoms with van der Waals surface area (Å²) in [7, 11) is 0. The molecule has 29 heavy (non-hydrogen) atoms. The third kappa shape index (κ3) is 3.00. The molecule has 1 aliphatic rings. The third-order valence-corrected chi connectivity index (χ3v) is 6.56. The van der Waals surface area contributed by atoms with Crippen LogP contribution in [0.3, 0.4) is 0 Å². The molecule has 1 aliphatic heterocycles. The Morgan fingerprint density at radius 2 is 2.17 bits per heavy atom. The average Bonchev–Trinajstić information content (AvgIpc) is 3.33. The van der Waals surface area contributed by atoms with Gasteiger partial charge >= 0.3 is 0 Å². The highest BCUT2D eigenvalue weighted by Gasteiger charge is 2.33. The van der Waals surface area contributed by atoms with Crippen molar-refractivity contribution in [1.82, 2.24) is 25.1 Å². The van der Waals surface area contributed by atoms with Crippen molar-refractivity contribution >= 4 is 39.7 Å². The number of pyridine rings is 1. The van der Waals surface area contributed by atoms with E-state index in [1.54, 1.807) is 17.3 Å². The van der Waals surface area contributed by atoms with Crippen LogP contribution >= 0.6 is 22.9 Å². The molecule has 0 saturated carbocycles. The number of aliphatic hydroxyl groups is 1. The number of rotatable bonds is 3. The van der Waals surface area contributed by atoms with Crippen molar-refractivity contribution in [3.05, 3.63) is 52.9 Å². The second-order valence-electron chi connectivity index (χ2n) is 6.97. The Morgan fingerprint density at radius 1 is 1.34 bits per heavy atom. The van der Waals surface area contributed by atoms with Crippen molar-refractivity contribution in [2.24, 2.45) is 0 Å². The van der Waals surface area contributed by atoms with Gasteiger partial charge in [-0.3, -0.25) is 14.9 Å². The maximum absolute atomic E-state index is 13.0. The molecule has 5 rings (SSSR count). The fourth-order valence-corrected chi connectivity index (χ4v) is 4.60. The van der Waals surface area contributed by atoms with E-state index < -0.39 is 6.10 Å². The number of fused-ring (bicyclic) bond motifs is 1. The van der Waals surface area contributed by atoms with Crippen LogP contribution in [0.25, 0.3) is 32.0 Å². The predicted octanol–water partition coefficient (Wildman–Crippen LogP) is 3.53. The fourth-order valence-electron chi connectivity index (χ4n) is 3.39. The maximum atomic E-state index is 13.0. The largest absolute Gasteiger partial charge is 0.389 e. The summed E-state index contributed by atoms with van der Waals surface area (Å²) < 4.78 is 0. The summed E-state index contributed by atoms with van der Waals surface area (Å²) in [5.41, 5.74) is 3.60. The first-order valence-corrected chi connectivity index (χ1v) is 10.2. The molecular weight excluding hydrogens is 410 g/mol. The molecule has 0 radical (unpaired) electrons. The molecule has 3 aromatic heterocycles. The first-order chi connectivity index (χ1) is 14.0. The van der Waals surface area contributed by atoms with E-state index in [9.17, 15) is 9.90 Å². The molecule has 4 heterocycles. The number of aromatic amines is 1. The number of nitrogens with one attached hydrogen (secondary N) is 1. The normalized spacial score (nSPS) is 14.4. The number of halogens is 1. The third-order valence-electron chi connectivity index (χ3n) is 5.03. The Labute approximate surface area is 175 Å². The van der Waals surface area contributed by atoms with Crippen LogP contribution in [0.15, 0.2) is 36.7 Å². The number of likely N-dealkylation sites (tertiary alicyclic amines) is 1. The smallest absolute Gasteiger partial charge is 0.274 e. The number of aromatic nitrogens is 4. The van der Waals surface area contributed by atoms with Gasteiger partial charge in [-0.25, -0.2) is 4.98 Å². The van der Waals surface area contributed by atoms with Crippen molar-refractivity contribution in [3.63, 3.8) is 0 Å². The van der Waals surface area contributed by atoms with E-state index in [0.29, 0.717) is 28.8 Å². The van der Waals surface area contributed by atoms with Gasteiger partial charge in [0.2, 0.25) is 0 Å². The summed E-state index contributed by atoms with van der Waals surface area (Å²) in [6.07, 6.45) is 2.94. The zero-order chi connectivity index (χ0) is 20.1. The molecule has 7 nitrogen and oxygen atoms in total. The lowest BCUT2D eigenvalue weighted by atomic mass is 10.1. The van der Waals surface area contributed by atoms with Crippen LogP contribution in [-0.2, 0) is 0 Å². The highest BCUT2D eigenvalue weighted by Crippen LogP contribution is 2.39. The highest BCUT2D eigenvalue weighted by atomic mass is 35.5. The monoisotopic (exact) mass is 425 g/mol. The van der Waals surface area contributed by atoms with Crippen LogP contribution in [-0.4, -0.2) is 55.3 Å². The number of H-pyrrole nitrogens is 1. The maximum Gasteiger partial charge on any atom is 0.274 e. The van der Waals surface area contributed by atoms with Crippen LogP contribution in [0, 0.1) is 6.92 Å². The molecule has 9 heteroatoms. The average molecular weight is 426 g/mol. The molecule has 1 aromatic carbocycles. The van der Waals surface area contributed by atoms with E-state index in [1.165, 1.54) is 11.3 Å². The van der Waals surface area contributed by atoms with E-state index in [1.807, 2.05) is 31.2 Å². The second-order valence-corrected chi connectivity index (χ2v) is 8.38. The predicted molar refractivity (Wildman–Crippen MR) is 112 cm³/mol. The molecule has 0 spiro atoms. The standard InChI is InChI=1S/C20H16ClN5O2S/c1-10-14(21)5-4-13-15(10)24-25-16(13)19-23-17(20(28)26-8-12(27)9-26)18(29-19)11-3-2-6-22-7-11/h2-7,12,27H,8-9H2,1H3,(H,24,25). The molecule has 0 atom stereocenters. The van der Waals surface area contributed by atoms with Gasteiger partial charge < -0.3 is 10.0 Å². The van der Waals surface area contributed by atoms with Gasteiger partial charge in [-0.1, -0.05) is 17.7 Å². The lowest BCUT2D eigenvalue weighted by Gasteiger charge is -2.35. The zero-order valence-corrected chi connectivity index (χ0v) is 17.0. The number of β-amino-alcohol motifs (C(OH)–C–C–N with tert-alkyl or cyclic N) is 1. The van der Waals surface area contributed by atoms with Crippen molar-refractivity contribution < 1.29 is 9.90 Å². The molecule has 1 fully saturated rings. The van der Waals surface area contributed by atoms with Crippen LogP contribution in [0.5, 0.6) is 0 Å². The number of aryl methyl sites for hydroxylation is 1. The van der Waals surface area contributed by atoms with Gasteiger partial charge in [-0.05, 0) is 30.7 Å². The number of hydrogen-bond acceptors (Lipinski definition) is 6. The highest BCUT2D eigenvalue weighted by molar-refractivity contribution is 7.18. The summed E-state index contributed by atoms with van der Waals surface area (Å²) in [4.78, 5) is 24.2. The molecule has 1 saturated heterocycles. The first-order valence-electron chi connectivity index (χ1n) is 9.05. The number of carbonyl (C=O) groups is 1. The number of amides is 1. The minimum atomic E-state index is -0.469. The lowest BCUT2D eigenvalue weighted by molar-refractivity contribution is 0.00561. The zero-order valence-electron chi connectivity index (χ0n) is 15.4. The van der Waals surface area contributed by atoms with Crippen LogP contribution < -0.4 is 0 Å². The van der Waals surface area contributed by atoms with E-state index in [4.69, 9.17) is 11.6 Å². The molecule has 146 valence electrons. The molecular formula is C20H16ClN5O2S. The van der Waals surface area contributed by atoms with Gasteiger partial charge in [0.15, 0.2) is 0 Å². The minimum Gasteiger partial charge on any atom is -0.389 e. The Balaban J connectivity index is 1.65. The number of aliphatic hydroxyl groups excluding tert-OH is 1. The van der Waals surface area contributed by atoms with Crippen LogP contribution in [0.4, 0.5) is 0 Å². The fraction of sp³-hybridized carbons (Fsp3) is 0.200. The summed E-state index contributed by atoms with van der Waals surface area (Å²) >= 11 is 7.63. The number of thiazole rings is 1. The van der Waals surface area contributed by atoms with E-state index >= 15 is 0 Å². The van der Waals surface area contributed by atoms with Gasteiger partial charge in [-0.2, -0.15) is 5.10 Å². The summed E-state index contributed by atoms with van der Waals surface area (Å²) in [5.74, 6) is -0.195. The van der Waals surface area contributed by atoms with Crippen molar-refractivity contribution in [2.75, 3.05) is 13.1 Å². The molecule has 0 aliphatic carbocycles. The molecule has 0 unspecified atom stereocenters. The van der Waals surface area contributed by atoms with Crippen LogP contribution in [0.1, 0.15) is 16.1 Å². The van der Waals surface area contributed by atoms with Gasteiger partial charge in [0.1, 0.15) is 16.4 Å². The summed E-state index contributed by atoms with van der Waals surface area (Å²) in [6.45, 7) is 2.56. The van der Waals surface area contributed by atoms with Crippen LogP contribution in [0.2, 0.25) is 5.02 Å². The Morgan fingerprint density at radius 3 is 2.90 bits per heavy atom. The Hall–Kier alpha value is -2.81. The van der Waals surface area contributed by atoms with Gasteiger partial charge in [0, 0.05) is 41.5 Å². The van der Waals surface area contributed by atoms with E-state index in [2.05, 4.69) is 20.2 Å². The number of hydrogen-bond donors (Lipinski definition) is 2. The van der Waals surface area contributed by atoms with Crippen molar-refractivity contribution in [1.29, 1.82) is 0 Å². The van der Waals surface area contributed by atoms with Gasteiger partial charge in [0.05, 0.1) is 16.5 Å². The molecule has 2 N–H and O–H groups in total. The first kappa shape index (κ1) is 18.2. The van der Waals surface area contributed by atoms with Crippen molar-refractivity contribution in [2.45, 2.75) is 13.0 Å².